The van der Waals surface area contributed by atoms with E-state index in [1.165, 1.54) is 11.0 Å². The number of hydrogen-bond acceptors (Lipinski definition) is 5. The second-order valence-electron chi connectivity index (χ2n) is 6.89. The summed E-state index contributed by atoms with van der Waals surface area (Å²) in [5, 5.41) is 2.60. The molecule has 0 radical (unpaired) electrons. The molecule has 0 bridgehead atoms. The standard InChI is InChI=1S/C19H28N2O5/c1-7-12-25-17(23)15(13(3)8-2)20-16(22)14-10-9-11-21(14)18(24)26-19(4,5)6/h7,9-10,14H,1,8,11-12H2,2-6H3,(H,20,22)/b15-13+/t14-/m0/s1. The van der Waals surface area contributed by atoms with E-state index in [4.69, 9.17) is 9.47 Å². The maximum Gasteiger partial charge on any atom is 0.411 e. The van der Waals surface area contributed by atoms with E-state index in [2.05, 4.69) is 11.9 Å². The molecule has 1 heterocycles. The molecule has 144 valence electrons. The predicted octanol–water partition coefficient (Wildman–Crippen LogP) is 2.69. The van der Waals surface area contributed by atoms with Crippen molar-refractivity contribution in [2.75, 3.05) is 13.2 Å². The molecule has 7 heteroatoms. The first kappa shape index (κ1) is 21.5. The summed E-state index contributed by atoms with van der Waals surface area (Å²) < 4.78 is 10.4. The molecule has 0 aliphatic carbocycles. The average molecular weight is 364 g/mol. The number of hydrogen-bond donors (Lipinski definition) is 1. The van der Waals surface area contributed by atoms with Crippen LogP contribution in [0.3, 0.4) is 0 Å². The summed E-state index contributed by atoms with van der Waals surface area (Å²) in [4.78, 5) is 38.4. The Morgan fingerprint density at radius 3 is 2.54 bits per heavy atom. The fraction of sp³-hybridized carbons (Fsp3) is 0.526. The van der Waals surface area contributed by atoms with Crippen molar-refractivity contribution >= 4 is 18.0 Å². The van der Waals surface area contributed by atoms with E-state index in [1.54, 1.807) is 39.8 Å². The van der Waals surface area contributed by atoms with Gasteiger partial charge in [0.1, 0.15) is 23.9 Å². The molecule has 0 aromatic heterocycles. The number of nitrogens with zero attached hydrogens (tertiary/aromatic N) is 1. The predicted molar refractivity (Wildman–Crippen MR) is 98.2 cm³/mol. The highest BCUT2D eigenvalue weighted by Crippen LogP contribution is 2.17. The highest BCUT2D eigenvalue weighted by Gasteiger charge is 2.34. The maximum atomic E-state index is 12.7. The number of ether oxygens (including phenoxy) is 2. The van der Waals surface area contributed by atoms with Crippen molar-refractivity contribution in [3.63, 3.8) is 0 Å². The first-order chi connectivity index (χ1) is 12.1. The van der Waals surface area contributed by atoms with Crippen LogP contribution in [-0.2, 0) is 19.1 Å². The van der Waals surface area contributed by atoms with Crippen molar-refractivity contribution in [1.29, 1.82) is 0 Å². The third-order valence-electron chi connectivity index (χ3n) is 3.59. The zero-order valence-electron chi connectivity index (χ0n) is 16.1. The SMILES string of the molecule is C=CCOC(=O)/C(NC(=O)[C@@H]1C=CCN1C(=O)OC(C)(C)C)=C(/C)CC. The van der Waals surface area contributed by atoms with Crippen LogP contribution < -0.4 is 5.32 Å². The second-order valence-corrected chi connectivity index (χ2v) is 6.89. The van der Waals surface area contributed by atoms with E-state index in [1.807, 2.05) is 6.92 Å². The van der Waals surface area contributed by atoms with Crippen LogP contribution >= 0.6 is 0 Å². The van der Waals surface area contributed by atoms with E-state index < -0.39 is 29.6 Å². The summed E-state index contributed by atoms with van der Waals surface area (Å²) in [6.45, 7) is 12.7. The molecule has 0 fully saturated rings. The molecule has 1 aliphatic heterocycles. The summed E-state index contributed by atoms with van der Waals surface area (Å²) in [7, 11) is 0. The molecule has 26 heavy (non-hydrogen) atoms. The first-order valence-electron chi connectivity index (χ1n) is 8.55. The van der Waals surface area contributed by atoms with E-state index in [9.17, 15) is 14.4 Å². The van der Waals surface area contributed by atoms with Crippen molar-refractivity contribution in [3.8, 4) is 0 Å². The number of allylic oxidation sites excluding steroid dienone is 1. The fourth-order valence-electron chi connectivity index (χ4n) is 2.17. The van der Waals surface area contributed by atoms with Crippen molar-refractivity contribution in [2.24, 2.45) is 0 Å². The Morgan fingerprint density at radius 1 is 1.35 bits per heavy atom. The summed E-state index contributed by atoms with van der Waals surface area (Å²) in [6, 6.07) is -0.850. The summed E-state index contributed by atoms with van der Waals surface area (Å²) in [6.07, 6.45) is 4.74. The van der Waals surface area contributed by atoms with Crippen molar-refractivity contribution in [3.05, 3.63) is 36.1 Å². The van der Waals surface area contributed by atoms with Gasteiger partial charge >= 0.3 is 12.1 Å². The Balaban J connectivity index is 2.91. The van der Waals surface area contributed by atoms with E-state index in [-0.39, 0.29) is 18.8 Å². The maximum absolute atomic E-state index is 12.7. The summed E-state index contributed by atoms with van der Waals surface area (Å²) >= 11 is 0. The van der Waals surface area contributed by atoms with Crippen LogP contribution in [0.4, 0.5) is 4.79 Å². The summed E-state index contributed by atoms with van der Waals surface area (Å²) in [5.74, 6) is -1.13. The molecule has 0 spiro atoms. The van der Waals surface area contributed by atoms with Gasteiger partial charge in [0.05, 0.1) is 0 Å². The van der Waals surface area contributed by atoms with Crippen LogP contribution in [0, 0.1) is 0 Å². The van der Waals surface area contributed by atoms with Gasteiger partial charge in [-0.2, -0.15) is 0 Å². The van der Waals surface area contributed by atoms with E-state index in [0.29, 0.717) is 12.0 Å². The van der Waals surface area contributed by atoms with Crippen molar-refractivity contribution in [1.82, 2.24) is 10.2 Å². The molecule has 1 N–H and O–H groups in total. The zero-order valence-corrected chi connectivity index (χ0v) is 16.1. The monoisotopic (exact) mass is 364 g/mol. The Hall–Kier alpha value is -2.57. The van der Waals surface area contributed by atoms with Crippen LogP contribution in [0.15, 0.2) is 36.1 Å². The van der Waals surface area contributed by atoms with Gasteiger partial charge in [-0.3, -0.25) is 9.69 Å². The van der Waals surface area contributed by atoms with Crippen LogP contribution in [0.2, 0.25) is 0 Å². The number of nitrogens with one attached hydrogen (secondary N) is 1. The van der Waals surface area contributed by atoms with Gasteiger partial charge in [-0.15, -0.1) is 0 Å². The van der Waals surface area contributed by atoms with Gasteiger partial charge in [-0.25, -0.2) is 9.59 Å². The molecule has 0 aromatic carbocycles. The molecule has 0 unspecified atom stereocenters. The van der Waals surface area contributed by atoms with Gasteiger partial charge in [-0.1, -0.05) is 31.7 Å². The fourth-order valence-corrected chi connectivity index (χ4v) is 2.17. The lowest BCUT2D eigenvalue weighted by Gasteiger charge is -2.28. The Labute approximate surface area is 154 Å². The molecule has 0 saturated heterocycles. The number of esters is 1. The topological polar surface area (TPSA) is 84.9 Å². The van der Waals surface area contributed by atoms with Crippen LogP contribution in [-0.4, -0.2) is 47.7 Å². The minimum atomic E-state index is -0.850. The third-order valence-corrected chi connectivity index (χ3v) is 3.59. The van der Waals surface area contributed by atoms with Gasteiger partial charge in [0.25, 0.3) is 5.91 Å². The molecule has 0 saturated carbocycles. The van der Waals surface area contributed by atoms with E-state index >= 15 is 0 Å². The smallest absolute Gasteiger partial charge is 0.411 e. The largest absolute Gasteiger partial charge is 0.457 e. The Bertz CT molecular complexity index is 628. The van der Waals surface area contributed by atoms with Crippen LogP contribution in [0.5, 0.6) is 0 Å². The van der Waals surface area contributed by atoms with Crippen LogP contribution in [0.1, 0.15) is 41.0 Å². The van der Waals surface area contributed by atoms with E-state index in [0.717, 1.165) is 0 Å². The quantitative estimate of drug-likeness (QED) is 0.445. The second kappa shape index (κ2) is 9.22. The van der Waals surface area contributed by atoms with Gasteiger partial charge in [-0.05, 0) is 39.7 Å². The first-order valence-corrected chi connectivity index (χ1v) is 8.55. The van der Waals surface area contributed by atoms with Crippen LogP contribution in [0.25, 0.3) is 0 Å². The molecule has 1 rings (SSSR count). The lowest BCUT2D eigenvalue weighted by Crippen LogP contribution is -2.48. The molecule has 1 atom stereocenters. The molecule has 0 aromatic rings. The minimum Gasteiger partial charge on any atom is -0.457 e. The number of carbonyl (C=O) groups is 3. The van der Waals surface area contributed by atoms with Gasteiger partial charge in [0.15, 0.2) is 0 Å². The van der Waals surface area contributed by atoms with Crippen molar-refractivity contribution in [2.45, 2.75) is 52.7 Å². The molecule has 2 amide bonds. The molecule has 1 aliphatic rings. The minimum absolute atomic E-state index is 0.0442. The molecule has 7 nitrogen and oxygen atoms in total. The normalized spacial score (nSPS) is 17.4. The zero-order chi connectivity index (χ0) is 19.9. The molecular weight excluding hydrogens is 336 g/mol. The molecular formula is C19H28N2O5. The Kier molecular flexibility index (Phi) is 7.61. The highest BCUT2D eigenvalue weighted by atomic mass is 16.6. The Morgan fingerprint density at radius 2 is 2.00 bits per heavy atom. The number of rotatable bonds is 6. The van der Waals surface area contributed by atoms with Gasteiger partial charge in [0.2, 0.25) is 0 Å². The third kappa shape index (κ3) is 6.06. The van der Waals surface area contributed by atoms with Crippen molar-refractivity contribution < 1.29 is 23.9 Å². The average Bonchev–Trinajstić information content (AvgIpc) is 3.05. The highest BCUT2D eigenvalue weighted by molar-refractivity contribution is 5.97. The van der Waals surface area contributed by atoms with Gasteiger partial charge in [0, 0.05) is 6.54 Å². The summed E-state index contributed by atoms with van der Waals surface area (Å²) in [5.41, 5.74) is 0.0981. The number of carbonyl (C=O) groups excluding carboxylic acids is 3. The van der Waals surface area contributed by atoms with Gasteiger partial charge < -0.3 is 14.8 Å². The lowest BCUT2D eigenvalue weighted by atomic mass is 10.1. The lowest BCUT2D eigenvalue weighted by molar-refractivity contribution is -0.139. The number of amides is 2.